The van der Waals surface area contributed by atoms with Crippen molar-refractivity contribution in [3.8, 4) is 0 Å². The van der Waals surface area contributed by atoms with Gasteiger partial charge in [0.05, 0.1) is 24.5 Å². The van der Waals surface area contributed by atoms with Gasteiger partial charge in [0.25, 0.3) is 0 Å². The van der Waals surface area contributed by atoms with E-state index in [2.05, 4.69) is 28.2 Å². The highest BCUT2D eigenvalue weighted by atomic mass is 79.9. The van der Waals surface area contributed by atoms with Crippen molar-refractivity contribution in [3.63, 3.8) is 0 Å². The molecule has 0 radical (unpaired) electrons. The van der Waals surface area contributed by atoms with E-state index >= 15 is 0 Å². The van der Waals surface area contributed by atoms with Crippen molar-refractivity contribution in [2.45, 2.75) is 44.8 Å². The fourth-order valence-corrected chi connectivity index (χ4v) is 3.07. The first kappa shape index (κ1) is 16.7. The maximum atomic E-state index is 13.2. The van der Waals surface area contributed by atoms with Crippen LogP contribution in [0.15, 0.2) is 22.7 Å². The molecule has 1 saturated carbocycles. The lowest BCUT2D eigenvalue weighted by Crippen LogP contribution is -2.32. The molecule has 3 unspecified atom stereocenters. The molecule has 1 fully saturated rings. The van der Waals surface area contributed by atoms with E-state index < -0.39 is 6.10 Å². The third-order valence-corrected chi connectivity index (χ3v) is 4.68. The van der Waals surface area contributed by atoms with E-state index in [9.17, 15) is 9.50 Å². The van der Waals surface area contributed by atoms with E-state index in [1.165, 1.54) is 31.4 Å². The Bertz CT molecular complexity index is 458. The number of halogens is 2. The molecule has 0 spiro atoms. The Kier molecular flexibility index (Phi) is 6.45. The van der Waals surface area contributed by atoms with Crippen molar-refractivity contribution < 1.29 is 14.2 Å². The molecule has 3 nitrogen and oxygen atoms in total. The Morgan fingerprint density at radius 2 is 2.19 bits per heavy atom. The van der Waals surface area contributed by atoms with Gasteiger partial charge in [-0.05, 0) is 52.9 Å². The van der Waals surface area contributed by atoms with Gasteiger partial charge in [0, 0.05) is 11.0 Å². The monoisotopic (exact) mass is 359 g/mol. The molecule has 0 amide bonds. The number of ether oxygens (including phenoxy) is 1. The average Bonchev–Trinajstić information content (AvgIpc) is 2.47. The van der Waals surface area contributed by atoms with Gasteiger partial charge in [-0.3, -0.25) is 0 Å². The van der Waals surface area contributed by atoms with E-state index in [0.717, 1.165) is 10.9 Å². The largest absolute Gasteiger partial charge is 0.389 e. The van der Waals surface area contributed by atoms with Crippen molar-refractivity contribution in [1.82, 2.24) is 0 Å². The van der Waals surface area contributed by atoms with Gasteiger partial charge in [-0.1, -0.05) is 19.8 Å². The fraction of sp³-hybridized carbons (Fsp3) is 0.625. The van der Waals surface area contributed by atoms with Crippen LogP contribution < -0.4 is 5.32 Å². The fourth-order valence-electron chi connectivity index (χ4n) is 2.68. The predicted molar refractivity (Wildman–Crippen MR) is 86.0 cm³/mol. The van der Waals surface area contributed by atoms with Crippen LogP contribution in [0.3, 0.4) is 0 Å². The summed E-state index contributed by atoms with van der Waals surface area (Å²) in [6.45, 7) is 2.86. The number of anilines is 1. The van der Waals surface area contributed by atoms with Gasteiger partial charge in [-0.25, -0.2) is 4.39 Å². The van der Waals surface area contributed by atoms with Gasteiger partial charge in [0.15, 0.2) is 0 Å². The number of aliphatic hydroxyl groups excluding tert-OH is 1. The normalized spacial score (nSPS) is 23.8. The number of benzene rings is 1. The molecule has 0 aromatic heterocycles. The zero-order valence-electron chi connectivity index (χ0n) is 12.3. The zero-order valence-corrected chi connectivity index (χ0v) is 13.9. The summed E-state index contributed by atoms with van der Waals surface area (Å²) in [7, 11) is 0. The quantitative estimate of drug-likeness (QED) is 0.807. The third kappa shape index (κ3) is 5.24. The van der Waals surface area contributed by atoms with Gasteiger partial charge >= 0.3 is 0 Å². The molecule has 0 saturated heterocycles. The zero-order chi connectivity index (χ0) is 15.2. The van der Waals surface area contributed by atoms with Crippen LogP contribution in [0.5, 0.6) is 0 Å². The Morgan fingerprint density at radius 3 is 2.95 bits per heavy atom. The average molecular weight is 360 g/mol. The summed E-state index contributed by atoms with van der Waals surface area (Å²) in [5.41, 5.74) is 0.639. The predicted octanol–water partition coefficient (Wildman–Crippen LogP) is 3.96. The van der Waals surface area contributed by atoms with E-state index in [4.69, 9.17) is 4.74 Å². The molecule has 5 heteroatoms. The van der Waals surface area contributed by atoms with Crippen molar-refractivity contribution >= 4 is 21.6 Å². The molecule has 118 valence electrons. The standard InChI is InChI=1S/C16H23BrFNO2/c1-11-4-2-3-5-16(11)21-10-13(20)9-19-15-8-12(18)6-7-14(15)17/h6-8,11,13,16,19-20H,2-5,9-10H2,1H3. The van der Waals surface area contributed by atoms with Crippen LogP contribution in [-0.4, -0.2) is 30.5 Å². The van der Waals surface area contributed by atoms with E-state index in [0.29, 0.717) is 24.8 Å². The highest BCUT2D eigenvalue weighted by Crippen LogP contribution is 2.26. The molecule has 1 aliphatic rings. The SMILES string of the molecule is CC1CCCCC1OCC(O)CNc1cc(F)ccc1Br. The Balaban J connectivity index is 1.74. The van der Waals surface area contributed by atoms with Gasteiger partial charge in [-0.15, -0.1) is 0 Å². The summed E-state index contributed by atoms with van der Waals surface area (Å²) in [6.07, 6.45) is 4.42. The first-order valence-corrected chi connectivity index (χ1v) is 8.34. The van der Waals surface area contributed by atoms with Gasteiger partial charge in [-0.2, -0.15) is 0 Å². The molecule has 0 bridgehead atoms. The van der Waals surface area contributed by atoms with Crippen LogP contribution >= 0.6 is 15.9 Å². The molecule has 1 aromatic rings. The number of hydrogen-bond donors (Lipinski definition) is 2. The minimum Gasteiger partial charge on any atom is -0.389 e. The summed E-state index contributed by atoms with van der Waals surface area (Å²) in [6, 6.07) is 4.43. The molecular weight excluding hydrogens is 337 g/mol. The van der Waals surface area contributed by atoms with Gasteiger partial charge in [0.1, 0.15) is 5.82 Å². The molecule has 2 N–H and O–H groups in total. The molecule has 3 atom stereocenters. The number of rotatable bonds is 6. The Hall–Kier alpha value is -0.650. The third-order valence-electron chi connectivity index (χ3n) is 3.99. The highest BCUT2D eigenvalue weighted by molar-refractivity contribution is 9.10. The van der Waals surface area contributed by atoms with Crippen molar-refractivity contribution in [1.29, 1.82) is 0 Å². The second-order valence-corrected chi connectivity index (χ2v) is 6.65. The summed E-state index contributed by atoms with van der Waals surface area (Å²) < 4.78 is 19.8. The number of nitrogens with one attached hydrogen (secondary N) is 1. The van der Waals surface area contributed by atoms with Crippen molar-refractivity contribution in [2.24, 2.45) is 5.92 Å². The van der Waals surface area contributed by atoms with Crippen LogP contribution in [0, 0.1) is 11.7 Å². The molecule has 0 aliphatic heterocycles. The smallest absolute Gasteiger partial charge is 0.125 e. The lowest BCUT2D eigenvalue weighted by molar-refractivity contribution is -0.0424. The Labute approximate surface area is 134 Å². The molecule has 2 rings (SSSR count). The lowest BCUT2D eigenvalue weighted by atomic mass is 9.88. The molecule has 0 heterocycles. The topological polar surface area (TPSA) is 41.5 Å². The first-order chi connectivity index (χ1) is 10.1. The van der Waals surface area contributed by atoms with E-state index in [1.54, 1.807) is 6.07 Å². The van der Waals surface area contributed by atoms with Crippen LogP contribution in [0.25, 0.3) is 0 Å². The first-order valence-electron chi connectivity index (χ1n) is 7.55. The maximum Gasteiger partial charge on any atom is 0.125 e. The van der Waals surface area contributed by atoms with Crippen LogP contribution in [-0.2, 0) is 4.74 Å². The lowest BCUT2D eigenvalue weighted by Gasteiger charge is -2.29. The van der Waals surface area contributed by atoms with Crippen LogP contribution in [0.4, 0.5) is 10.1 Å². The summed E-state index contributed by atoms with van der Waals surface area (Å²) in [5, 5.41) is 13.0. The summed E-state index contributed by atoms with van der Waals surface area (Å²) in [4.78, 5) is 0. The van der Waals surface area contributed by atoms with Crippen LogP contribution in [0.1, 0.15) is 32.6 Å². The van der Waals surface area contributed by atoms with Crippen molar-refractivity contribution in [3.05, 3.63) is 28.5 Å². The second-order valence-electron chi connectivity index (χ2n) is 5.79. The second kappa shape index (κ2) is 8.11. The minimum atomic E-state index is -0.603. The van der Waals surface area contributed by atoms with E-state index in [1.807, 2.05) is 0 Å². The number of hydrogen-bond acceptors (Lipinski definition) is 3. The van der Waals surface area contributed by atoms with Crippen LogP contribution in [0.2, 0.25) is 0 Å². The molecule has 1 aromatic carbocycles. The van der Waals surface area contributed by atoms with E-state index in [-0.39, 0.29) is 11.9 Å². The van der Waals surface area contributed by atoms with Gasteiger partial charge < -0.3 is 15.2 Å². The summed E-state index contributed by atoms with van der Waals surface area (Å²) >= 11 is 3.35. The Morgan fingerprint density at radius 1 is 1.43 bits per heavy atom. The van der Waals surface area contributed by atoms with Gasteiger partial charge in [0.2, 0.25) is 0 Å². The maximum absolute atomic E-state index is 13.2. The number of aliphatic hydroxyl groups is 1. The molecule has 1 aliphatic carbocycles. The summed E-state index contributed by atoms with van der Waals surface area (Å²) in [5.74, 6) is 0.263. The molecular formula is C16H23BrFNO2. The minimum absolute atomic E-state index is 0.259. The van der Waals surface area contributed by atoms with Crippen molar-refractivity contribution in [2.75, 3.05) is 18.5 Å². The highest BCUT2D eigenvalue weighted by Gasteiger charge is 2.22. The molecule has 21 heavy (non-hydrogen) atoms.